The van der Waals surface area contributed by atoms with Crippen LogP contribution < -0.4 is 4.90 Å². The molecule has 1 saturated carbocycles. The van der Waals surface area contributed by atoms with Crippen LogP contribution in [0.2, 0.25) is 0 Å². The van der Waals surface area contributed by atoms with E-state index in [1.54, 1.807) is 0 Å². The number of nitrogens with zero attached hydrogens (tertiary/aromatic N) is 1. The van der Waals surface area contributed by atoms with E-state index in [4.69, 9.17) is 0 Å². The van der Waals surface area contributed by atoms with E-state index in [9.17, 15) is 0 Å². The highest BCUT2D eigenvalue weighted by atomic mass is 15.1. The van der Waals surface area contributed by atoms with E-state index < -0.39 is 0 Å². The van der Waals surface area contributed by atoms with Gasteiger partial charge in [-0.2, -0.15) is 0 Å². The van der Waals surface area contributed by atoms with Crippen molar-refractivity contribution in [2.75, 3.05) is 4.90 Å². The first-order chi connectivity index (χ1) is 29.8. The second-order valence-corrected chi connectivity index (χ2v) is 17.0. The van der Waals surface area contributed by atoms with Gasteiger partial charge in [-0.1, -0.05) is 189 Å². The van der Waals surface area contributed by atoms with Gasteiger partial charge in [-0.05, 0) is 138 Å². The predicted molar refractivity (Wildman–Crippen MR) is 252 cm³/mol. The topological polar surface area (TPSA) is 3.24 Å². The molecule has 3 aliphatic carbocycles. The van der Waals surface area contributed by atoms with Gasteiger partial charge in [0.25, 0.3) is 0 Å². The van der Waals surface area contributed by atoms with Crippen molar-refractivity contribution in [3.05, 3.63) is 234 Å². The molecule has 3 aliphatic rings. The van der Waals surface area contributed by atoms with Crippen molar-refractivity contribution in [3.8, 4) is 44.5 Å². The van der Waals surface area contributed by atoms with Crippen LogP contribution in [0.15, 0.2) is 206 Å². The van der Waals surface area contributed by atoms with E-state index >= 15 is 0 Å². The Morgan fingerprint density at radius 1 is 0.350 bits per heavy atom. The molecule has 0 aromatic heterocycles. The van der Waals surface area contributed by atoms with Crippen LogP contribution in [0, 0.1) is 0 Å². The maximum absolute atomic E-state index is 2.47. The lowest BCUT2D eigenvalue weighted by molar-refractivity contribution is 0.443. The summed E-state index contributed by atoms with van der Waals surface area (Å²) in [6, 6.07) is 77.5. The van der Waals surface area contributed by atoms with Crippen molar-refractivity contribution in [1.82, 2.24) is 0 Å². The van der Waals surface area contributed by atoms with Crippen LogP contribution in [0.4, 0.5) is 17.1 Å². The highest BCUT2D eigenvalue weighted by molar-refractivity contribution is 6.06. The summed E-state index contributed by atoms with van der Waals surface area (Å²) in [4.78, 5) is 2.47. The first-order valence-corrected chi connectivity index (χ1v) is 21.8. The molecule has 0 heterocycles. The van der Waals surface area contributed by atoms with Crippen LogP contribution >= 0.6 is 0 Å². The Morgan fingerprint density at radius 2 is 0.817 bits per heavy atom. The van der Waals surface area contributed by atoms with Crippen molar-refractivity contribution in [2.45, 2.75) is 43.4 Å². The number of rotatable bonds is 6. The Labute approximate surface area is 353 Å². The van der Waals surface area contributed by atoms with Gasteiger partial charge in [0.1, 0.15) is 0 Å². The Bertz CT molecular complexity index is 3010. The van der Waals surface area contributed by atoms with Crippen molar-refractivity contribution in [2.24, 2.45) is 0 Å². The number of hydrogen-bond donors (Lipinski definition) is 0. The number of fused-ring (bicyclic) bond motifs is 11. The predicted octanol–water partition coefficient (Wildman–Crippen LogP) is 16.0. The third-order valence-corrected chi connectivity index (χ3v) is 13.9. The van der Waals surface area contributed by atoms with E-state index in [1.807, 2.05) is 0 Å². The second kappa shape index (κ2) is 14.1. The molecule has 1 fully saturated rings. The van der Waals surface area contributed by atoms with Gasteiger partial charge in [0.2, 0.25) is 0 Å². The van der Waals surface area contributed by atoms with Crippen molar-refractivity contribution < 1.29 is 0 Å². The van der Waals surface area contributed by atoms with Gasteiger partial charge < -0.3 is 4.90 Å². The lowest BCUT2D eigenvalue weighted by Gasteiger charge is -2.31. The van der Waals surface area contributed by atoms with Crippen LogP contribution in [-0.2, 0) is 5.41 Å². The van der Waals surface area contributed by atoms with Gasteiger partial charge in [0, 0.05) is 17.1 Å². The quantitative estimate of drug-likeness (QED) is 0.163. The molecule has 1 spiro atoms. The molecule has 0 radical (unpaired) electrons. The van der Waals surface area contributed by atoms with Gasteiger partial charge >= 0.3 is 0 Å². The second-order valence-electron chi connectivity index (χ2n) is 17.0. The maximum Gasteiger partial charge on any atom is 0.0725 e. The molecular weight excluding hydrogens is 723 g/mol. The van der Waals surface area contributed by atoms with Crippen molar-refractivity contribution in [3.63, 3.8) is 0 Å². The zero-order valence-electron chi connectivity index (χ0n) is 33.7. The smallest absolute Gasteiger partial charge is 0.0725 e. The minimum Gasteiger partial charge on any atom is -0.310 e. The average molecular weight is 768 g/mol. The largest absolute Gasteiger partial charge is 0.310 e. The SMILES string of the molecule is c1ccc(-c2cccc3cccc(-c4ccc(N(c5ccc(C6CCCCC6)cc5)c5ccc6c(c5)-c5ccccc5C65c6ccccc6-c6ccccc65)cc4)c23)cc1. The monoisotopic (exact) mass is 767 g/mol. The van der Waals surface area contributed by atoms with Crippen LogP contribution in [0.25, 0.3) is 55.3 Å². The number of hydrogen-bond acceptors (Lipinski definition) is 1. The Balaban J connectivity index is 1.01. The van der Waals surface area contributed by atoms with Crippen LogP contribution in [0.5, 0.6) is 0 Å². The van der Waals surface area contributed by atoms with E-state index in [-0.39, 0.29) is 5.41 Å². The average Bonchev–Trinajstić information content (AvgIpc) is 3.79. The fourth-order valence-electron chi connectivity index (χ4n) is 11.2. The molecular formula is C59H45N. The van der Waals surface area contributed by atoms with E-state index in [0.29, 0.717) is 5.92 Å². The number of benzene rings is 9. The highest BCUT2D eigenvalue weighted by Gasteiger charge is 2.51. The molecule has 0 aliphatic heterocycles. The van der Waals surface area contributed by atoms with E-state index in [2.05, 4.69) is 211 Å². The fourth-order valence-corrected chi connectivity index (χ4v) is 11.2. The van der Waals surface area contributed by atoms with Crippen molar-refractivity contribution >= 4 is 27.8 Å². The summed E-state index contributed by atoms with van der Waals surface area (Å²) >= 11 is 0. The minimum atomic E-state index is -0.358. The summed E-state index contributed by atoms with van der Waals surface area (Å²) in [5.41, 5.74) is 20.3. The lowest BCUT2D eigenvalue weighted by Crippen LogP contribution is -2.25. The van der Waals surface area contributed by atoms with E-state index in [0.717, 1.165) is 11.4 Å². The molecule has 0 bridgehead atoms. The lowest BCUT2D eigenvalue weighted by atomic mass is 9.70. The molecule has 9 aromatic rings. The first kappa shape index (κ1) is 35.0. The summed E-state index contributed by atoms with van der Waals surface area (Å²) in [6.45, 7) is 0. The van der Waals surface area contributed by atoms with Gasteiger partial charge in [0.05, 0.1) is 5.41 Å². The Kier molecular flexibility index (Phi) is 8.23. The summed E-state index contributed by atoms with van der Waals surface area (Å²) in [5, 5.41) is 2.54. The van der Waals surface area contributed by atoms with Gasteiger partial charge in [0.15, 0.2) is 0 Å². The molecule has 9 aromatic carbocycles. The Hall–Kier alpha value is -6.96. The zero-order chi connectivity index (χ0) is 39.6. The van der Waals surface area contributed by atoms with Crippen LogP contribution in [-0.4, -0.2) is 0 Å². The zero-order valence-corrected chi connectivity index (χ0v) is 33.7. The standard InChI is InChI=1S/C59H45N/c1-3-15-40(16-4-1)41-29-33-45(34-30-41)60(46-35-31-43(32-36-46)49-25-14-20-44-19-13-24-48(58(44)49)42-17-5-2-6-18-42)47-37-38-57-53(39-47)52-23-9-12-28-56(52)59(57)54-26-10-7-21-50(54)51-22-8-11-27-55(51)59/h2,5-14,17-40H,1,3-4,15-16H2. The third kappa shape index (κ3) is 5.32. The summed E-state index contributed by atoms with van der Waals surface area (Å²) in [7, 11) is 0. The molecule has 0 N–H and O–H groups in total. The van der Waals surface area contributed by atoms with Crippen molar-refractivity contribution in [1.29, 1.82) is 0 Å². The van der Waals surface area contributed by atoms with E-state index in [1.165, 1.54) is 121 Å². The summed E-state index contributed by atoms with van der Waals surface area (Å²) < 4.78 is 0. The molecule has 286 valence electrons. The molecule has 0 amide bonds. The summed E-state index contributed by atoms with van der Waals surface area (Å²) in [5.74, 6) is 0.659. The first-order valence-electron chi connectivity index (χ1n) is 21.8. The fraction of sp³-hybridized carbons (Fsp3) is 0.119. The molecule has 0 atom stereocenters. The normalized spacial score (nSPS) is 14.7. The van der Waals surface area contributed by atoms with Gasteiger partial charge in [-0.25, -0.2) is 0 Å². The van der Waals surface area contributed by atoms with Gasteiger partial charge in [-0.15, -0.1) is 0 Å². The molecule has 1 nitrogen and oxygen atoms in total. The molecule has 60 heavy (non-hydrogen) atoms. The Morgan fingerprint density at radius 3 is 1.42 bits per heavy atom. The van der Waals surface area contributed by atoms with Gasteiger partial charge in [-0.3, -0.25) is 0 Å². The molecule has 1 heteroatoms. The highest BCUT2D eigenvalue weighted by Crippen LogP contribution is 2.63. The summed E-state index contributed by atoms with van der Waals surface area (Å²) in [6.07, 6.45) is 6.62. The van der Waals surface area contributed by atoms with Crippen LogP contribution in [0.3, 0.4) is 0 Å². The number of anilines is 3. The third-order valence-electron chi connectivity index (χ3n) is 13.9. The maximum atomic E-state index is 2.47. The molecule has 0 unspecified atom stereocenters. The molecule has 0 saturated heterocycles. The minimum absolute atomic E-state index is 0.358. The molecule has 12 rings (SSSR count). The van der Waals surface area contributed by atoms with Crippen LogP contribution in [0.1, 0.15) is 65.8 Å².